The highest BCUT2D eigenvalue weighted by Gasteiger charge is 2.39. The molecule has 0 amide bonds. The SMILES string of the molecule is c1cnc2c(c1)CNc1cc(N3CC4C[C@H]3CO4)ccc1N2. The molecular weight excluding hydrogens is 276 g/mol. The number of benzene rings is 1. The van der Waals surface area contributed by atoms with Gasteiger partial charge in [-0.15, -0.1) is 0 Å². The molecule has 1 aromatic heterocycles. The van der Waals surface area contributed by atoms with Gasteiger partial charge in [0.1, 0.15) is 5.82 Å². The molecule has 1 aromatic carbocycles. The summed E-state index contributed by atoms with van der Waals surface area (Å²) < 4.78 is 5.70. The summed E-state index contributed by atoms with van der Waals surface area (Å²) in [7, 11) is 0. The Labute approximate surface area is 129 Å². The van der Waals surface area contributed by atoms with Crippen molar-refractivity contribution >= 4 is 22.9 Å². The number of nitrogens with zero attached hydrogens (tertiary/aromatic N) is 2. The molecule has 2 bridgehead atoms. The molecule has 2 atom stereocenters. The van der Waals surface area contributed by atoms with Gasteiger partial charge in [-0.05, 0) is 30.7 Å². The maximum Gasteiger partial charge on any atom is 0.135 e. The predicted octanol–water partition coefficient (Wildman–Crippen LogP) is 2.73. The molecule has 5 rings (SSSR count). The molecule has 5 heteroatoms. The van der Waals surface area contributed by atoms with Crippen LogP contribution in [0.1, 0.15) is 12.0 Å². The van der Waals surface area contributed by atoms with Crippen LogP contribution in [0.3, 0.4) is 0 Å². The molecule has 3 aliphatic rings. The highest BCUT2D eigenvalue weighted by Crippen LogP contribution is 2.37. The molecule has 0 radical (unpaired) electrons. The average Bonchev–Trinajstić information content (AvgIpc) is 3.13. The fourth-order valence-electron chi connectivity index (χ4n) is 3.69. The van der Waals surface area contributed by atoms with Crippen LogP contribution in [0.4, 0.5) is 22.9 Å². The highest BCUT2D eigenvalue weighted by molar-refractivity contribution is 5.80. The van der Waals surface area contributed by atoms with E-state index in [1.807, 2.05) is 12.3 Å². The smallest absolute Gasteiger partial charge is 0.135 e. The minimum absolute atomic E-state index is 0.420. The van der Waals surface area contributed by atoms with Crippen molar-refractivity contribution in [1.82, 2.24) is 4.98 Å². The van der Waals surface area contributed by atoms with Crippen molar-refractivity contribution in [3.05, 3.63) is 42.1 Å². The maximum atomic E-state index is 5.70. The predicted molar refractivity (Wildman–Crippen MR) is 86.8 cm³/mol. The van der Waals surface area contributed by atoms with Gasteiger partial charge in [-0.3, -0.25) is 0 Å². The quantitative estimate of drug-likeness (QED) is 0.847. The molecule has 2 aromatic rings. The van der Waals surface area contributed by atoms with Crippen LogP contribution >= 0.6 is 0 Å². The maximum absolute atomic E-state index is 5.70. The lowest BCUT2D eigenvalue weighted by Crippen LogP contribution is -2.36. The van der Waals surface area contributed by atoms with Crippen LogP contribution in [-0.4, -0.2) is 30.3 Å². The number of fused-ring (bicyclic) bond motifs is 4. The van der Waals surface area contributed by atoms with E-state index in [4.69, 9.17) is 4.74 Å². The third kappa shape index (κ3) is 1.85. The van der Waals surface area contributed by atoms with Gasteiger partial charge in [-0.2, -0.15) is 0 Å². The largest absolute Gasteiger partial charge is 0.379 e. The van der Waals surface area contributed by atoms with E-state index in [1.165, 1.54) is 11.3 Å². The molecule has 2 fully saturated rings. The summed E-state index contributed by atoms with van der Waals surface area (Å²) in [6.45, 7) is 2.67. The Morgan fingerprint density at radius 1 is 1.23 bits per heavy atom. The number of aromatic nitrogens is 1. The van der Waals surface area contributed by atoms with Gasteiger partial charge in [-0.25, -0.2) is 4.98 Å². The van der Waals surface area contributed by atoms with Crippen LogP contribution in [-0.2, 0) is 11.3 Å². The Bertz CT molecular complexity index is 732. The topological polar surface area (TPSA) is 49.4 Å². The summed E-state index contributed by atoms with van der Waals surface area (Å²) in [5.74, 6) is 0.940. The Hall–Kier alpha value is -2.27. The summed E-state index contributed by atoms with van der Waals surface area (Å²) in [5, 5.41) is 6.97. The zero-order valence-corrected chi connectivity index (χ0v) is 12.2. The molecule has 0 saturated carbocycles. The number of pyridine rings is 1. The zero-order chi connectivity index (χ0) is 14.5. The van der Waals surface area contributed by atoms with Gasteiger partial charge in [-0.1, -0.05) is 6.07 Å². The first-order chi connectivity index (χ1) is 10.9. The number of nitrogens with one attached hydrogen (secondary N) is 2. The molecule has 4 heterocycles. The van der Waals surface area contributed by atoms with Crippen molar-refractivity contribution < 1.29 is 4.74 Å². The summed E-state index contributed by atoms with van der Waals surface area (Å²) in [6.07, 6.45) is 3.41. The van der Waals surface area contributed by atoms with E-state index in [0.29, 0.717) is 12.1 Å². The number of rotatable bonds is 1. The van der Waals surface area contributed by atoms with Crippen molar-refractivity contribution in [2.24, 2.45) is 0 Å². The Morgan fingerprint density at radius 2 is 2.23 bits per heavy atom. The second kappa shape index (κ2) is 4.61. The number of ether oxygens (including phenoxy) is 1. The Balaban J connectivity index is 1.48. The van der Waals surface area contributed by atoms with Crippen LogP contribution in [0.2, 0.25) is 0 Å². The van der Waals surface area contributed by atoms with Crippen molar-refractivity contribution in [2.45, 2.75) is 25.1 Å². The summed E-state index contributed by atoms with van der Waals surface area (Å²) in [4.78, 5) is 6.91. The molecule has 5 nitrogen and oxygen atoms in total. The number of morpholine rings is 1. The van der Waals surface area contributed by atoms with Crippen molar-refractivity contribution in [2.75, 3.05) is 28.7 Å². The number of anilines is 4. The van der Waals surface area contributed by atoms with Crippen LogP contribution in [0.15, 0.2) is 36.5 Å². The van der Waals surface area contributed by atoms with Gasteiger partial charge in [0.05, 0.1) is 30.1 Å². The second-order valence-corrected chi connectivity index (χ2v) is 6.22. The summed E-state index contributed by atoms with van der Waals surface area (Å²) >= 11 is 0. The molecule has 0 spiro atoms. The summed E-state index contributed by atoms with van der Waals surface area (Å²) in [5.41, 5.74) is 4.69. The van der Waals surface area contributed by atoms with Gasteiger partial charge in [0.15, 0.2) is 0 Å². The van der Waals surface area contributed by atoms with Crippen LogP contribution in [0, 0.1) is 0 Å². The van der Waals surface area contributed by atoms with Crippen molar-refractivity contribution in [1.29, 1.82) is 0 Å². The van der Waals surface area contributed by atoms with Gasteiger partial charge >= 0.3 is 0 Å². The van der Waals surface area contributed by atoms with Gasteiger partial charge < -0.3 is 20.3 Å². The van der Waals surface area contributed by atoms with E-state index in [-0.39, 0.29) is 0 Å². The highest BCUT2D eigenvalue weighted by atomic mass is 16.5. The second-order valence-electron chi connectivity index (χ2n) is 6.22. The minimum Gasteiger partial charge on any atom is -0.379 e. The van der Waals surface area contributed by atoms with Crippen molar-refractivity contribution in [3.8, 4) is 0 Å². The lowest BCUT2D eigenvalue weighted by atomic mass is 10.2. The lowest BCUT2D eigenvalue weighted by Gasteiger charge is -2.29. The van der Waals surface area contributed by atoms with Crippen LogP contribution in [0.25, 0.3) is 0 Å². The van der Waals surface area contributed by atoms with Gasteiger partial charge in [0.25, 0.3) is 0 Å². The molecule has 1 unspecified atom stereocenters. The molecule has 22 heavy (non-hydrogen) atoms. The van der Waals surface area contributed by atoms with E-state index in [9.17, 15) is 0 Å². The van der Waals surface area contributed by atoms with E-state index in [1.54, 1.807) is 0 Å². The van der Waals surface area contributed by atoms with Gasteiger partial charge in [0, 0.05) is 30.5 Å². The number of hydrogen-bond acceptors (Lipinski definition) is 5. The average molecular weight is 294 g/mol. The van der Waals surface area contributed by atoms with E-state index in [2.05, 4.69) is 44.8 Å². The van der Waals surface area contributed by atoms with Gasteiger partial charge in [0.2, 0.25) is 0 Å². The van der Waals surface area contributed by atoms with Crippen LogP contribution in [0.5, 0.6) is 0 Å². The molecule has 2 N–H and O–H groups in total. The van der Waals surface area contributed by atoms with E-state index >= 15 is 0 Å². The normalized spacial score (nSPS) is 25.0. The Morgan fingerprint density at radius 3 is 3.09 bits per heavy atom. The minimum atomic E-state index is 0.420. The molecule has 112 valence electrons. The Kier molecular flexibility index (Phi) is 2.58. The third-order valence-electron chi connectivity index (χ3n) is 4.85. The zero-order valence-electron chi connectivity index (χ0n) is 12.2. The first-order valence-corrected chi connectivity index (χ1v) is 7.84. The standard InChI is InChI=1S/C17H18N4O/c1-2-11-8-19-16-7-12(21-9-14-6-13(21)10-22-14)3-4-15(16)20-17(11)18-5-1/h1-5,7,13-14,19H,6,8-10H2,(H,18,20)/t13-,14?/m0/s1. The third-order valence-corrected chi connectivity index (χ3v) is 4.85. The first kappa shape index (κ1) is 12.3. The molecule has 2 saturated heterocycles. The molecule has 3 aliphatic heterocycles. The fraction of sp³-hybridized carbons (Fsp3) is 0.353. The van der Waals surface area contributed by atoms with Crippen molar-refractivity contribution in [3.63, 3.8) is 0 Å². The van der Waals surface area contributed by atoms with Crippen LogP contribution < -0.4 is 15.5 Å². The number of hydrogen-bond donors (Lipinski definition) is 2. The lowest BCUT2D eigenvalue weighted by molar-refractivity contribution is 0.0991. The van der Waals surface area contributed by atoms with E-state index < -0.39 is 0 Å². The first-order valence-electron chi connectivity index (χ1n) is 7.84. The fourth-order valence-corrected chi connectivity index (χ4v) is 3.69. The van der Waals surface area contributed by atoms with E-state index in [0.717, 1.165) is 43.3 Å². The monoisotopic (exact) mass is 294 g/mol. The molecule has 0 aliphatic carbocycles. The summed E-state index contributed by atoms with van der Waals surface area (Å²) in [6, 6.07) is 11.2. The molecular formula is C17H18N4O.